The lowest BCUT2D eigenvalue weighted by molar-refractivity contribution is 0.0141. The molecule has 0 aliphatic rings. The molecule has 0 amide bonds. The molecule has 0 saturated carbocycles. The Hall–Kier alpha value is -1.21. The molecule has 0 spiro atoms. The Bertz CT molecular complexity index is 529. The Morgan fingerprint density at radius 3 is 2.94 bits per heavy atom. The molecule has 2 rings (SSSR count). The van der Waals surface area contributed by atoms with Gasteiger partial charge >= 0.3 is 0 Å². The van der Waals surface area contributed by atoms with Gasteiger partial charge in [0.1, 0.15) is 6.10 Å². The second-order valence-electron chi connectivity index (χ2n) is 4.18. The first-order valence-electron chi connectivity index (χ1n) is 5.78. The molecular formula is C12H17N3O2S. The van der Waals surface area contributed by atoms with Crippen molar-refractivity contribution in [3.05, 3.63) is 23.8 Å². The normalized spacial score (nSPS) is 14.8. The molecule has 5 N–H and O–H groups in total. The summed E-state index contributed by atoms with van der Waals surface area (Å²) >= 11 is 1.37. The number of fused-ring (bicyclic) bond motifs is 1. The van der Waals surface area contributed by atoms with Gasteiger partial charge in [-0.25, -0.2) is 4.98 Å². The highest BCUT2D eigenvalue weighted by Gasteiger charge is 2.18. The van der Waals surface area contributed by atoms with E-state index in [1.807, 2.05) is 19.2 Å². The van der Waals surface area contributed by atoms with Crippen LogP contribution in [0.25, 0.3) is 10.2 Å². The molecule has 2 unspecified atom stereocenters. The van der Waals surface area contributed by atoms with Crippen LogP contribution >= 0.6 is 11.3 Å². The summed E-state index contributed by atoms with van der Waals surface area (Å²) in [6, 6.07) is 5.41. The largest absolute Gasteiger partial charge is 0.390 e. The molecule has 0 radical (unpaired) electrons. The maximum absolute atomic E-state index is 10.1. The summed E-state index contributed by atoms with van der Waals surface area (Å²) in [6.45, 7) is 0.661. The van der Waals surface area contributed by atoms with Crippen LogP contribution in [-0.4, -0.2) is 34.9 Å². The highest BCUT2D eigenvalue weighted by molar-refractivity contribution is 7.22. The number of anilines is 1. The molecule has 1 heterocycles. The van der Waals surface area contributed by atoms with Gasteiger partial charge in [-0.15, -0.1) is 0 Å². The van der Waals surface area contributed by atoms with Crippen LogP contribution in [0.2, 0.25) is 0 Å². The van der Waals surface area contributed by atoms with Gasteiger partial charge in [-0.05, 0) is 37.7 Å². The van der Waals surface area contributed by atoms with Gasteiger partial charge in [-0.3, -0.25) is 0 Å². The minimum absolute atomic E-state index is 0.501. The van der Waals surface area contributed by atoms with Gasteiger partial charge in [-0.2, -0.15) is 0 Å². The molecule has 0 saturated heterocycles. The summed E-state index contributed by atoms with van der Waals surface area (Å²) < 4.78 is 0.921. The van der Waals surface area contributed by atoms with E-state index in [1.54, 1.807) is 6.07 Å². The predicted molar refractivity (Wildman–Crippen MR) is 73.5 cm³/mol. The zero-order valence-corrected chi connectivity index (χ0v) is 10.9. The Kier molecular flexibility index (Phi) is 4.13. The standard InChI is InChI=1S/C12H17N3O2S/c1-14-5-4-9(16)11(17)7-2-3-8-10(6-7)18-12(13)15-8/h2-3,6,9,11,14,16-17H,4-5H2,1H3,(H2,13,15). The van der Waals surface area contributed by atoms with Gasteiger partial charge < -0.3 is 21.3 Å². The van der Waals surface area contributed by atoms with Crippen LogP contribution in [0.5, 0.6) is 0 Å². The zero-order valence-electron chi connectivity index (χ0n) is 10.1. The Morgan fingerprint density at radius 1 is 1.44 bits per heavy atom. The number of hydrogen-bond donors (Lipinski definition) is 4. The fraction of sp³-hybridized carbons (Fsp3) is 0.417. The summed E-state index contributed by atoms with van der Waals surface area (Å²) in [5.41, 5.74) is 7.14. The molecule has 1 aromatic heterocycles. The maximum atomic E-state index is 10.1. The predicted octanol–water partition coefficient (Wildman–Crippen LogP) is 0.882. The maximum Gasteiger partial charge on any atom is 0.181 e. The third-order valence-corrected chi connectivity index (χ3v) is 3.67. The molecular weight excluding hydrogens is 250 g/mol. The molecule has 0 bridgehead atoms. The van der Waals surface area contributed by atoms with Gasteiger partial charge in [0.2, 0.25) is 0 Å². The van der Waals surface area contributed by atoms with Gasteiger partial charge in [0.25, 0.3) is 0 Å². The van der Waals surface area contributed by atoms with Gasteiger partial charge in [0.15, 0.2) is 5.13 Å². The number of benzene rings is 1. The van der Waals surface area contributed by atoms with Crippen molar-refractivity contribution in [1.82, 2.24) is 10.3 Å². The second kappa shape index (κ2) is 5.62. The number of thiazole rings is 1. The van der Waals surface area contributed by atoms with Crippen molar-refractivity contribution in [2.45, 2.75) is 18.6 Å². The van der Waals surface area contributed by atoms with Crippen LogP contribution in [0.1, 0.15) is 18.1 Å². The van der Waals surface area contributed by atoms with E-state index in [0.717, 1.165) is 10.2 Å². The van der Waals surface area contributed by atoms with E-state index >= 15 is 0 Å². The summed E-state index contributed by atoms with van der Waals surface area (Å²) in [5, 5.41) is 23.4. The molecule has 0 aliphatic carbocycles. The quantitative estimate of drug-likeness (QED) is 0.645. The average molecular weight is 267 g/mol. The van der Waals surface area contributed by atoms with E-state index in [9.17, 15) is 10.2 Å². The van der Waals surface area contributed by atoms with Gasteiger partial charge in [0, 0.05) is 0 Å². The molecule has 0 fully saturated rings. The van der Waals surface area contributed by atoms with Gasteiger partial charge in [-0.1, -0.05) is 17.4 Å². The second-order valence-corrected chi connectivity index (χ2v) is 5.25. The highest BCUT2D eigenvalue weighted by Crippen LogP contribution is 2.28. The number of aromatic nitrogens is 1. The molecule has 98 valence electrons. The van der Waals surface area contributed by atoms with Crippen molar-refractivity contribution >= 4 is 26.7 Å². The molecule has 5 nitrogen and oxygen atoms in total. The lowest BCUT2D eigenvalue weighted by Gasteiger charge is -2.17. The molecule has 18 heavy (non-hydrogen) atoms. The van der Waals surface area contributed by atoms with Crippen LogP contribution in [-0.2, 0) is 0 Å². The summed E-state index contributed by atoms with van der Waals surface area (Å²) in [4.78, 5) is 4.15. The van der Waals surface area contributed by atoms with Crippen molar-refractivity contribution in [3.8, 4) is 0 Å². The highest BCUT2D eigenvalue weighted by atomic mass is 32.1. The van der Waals surface area contributed by atoms with E-state index in [2.05, 4.69) is 10.3 Å². The number of nitrogens with two attached hydrogens (primary N) is 1. The summed E-state index contributed by atoms with van der Waals surface area (Å²) in [6.07, 6.45) is -1.16. The van der Waals surface area contributed by atoms with Gasteiger partial charge in [0.05, 0.1) is 16.3 Å². The first-order valence-corrected chi connectivity index (χ1v) is 6.60. The Balaban J connectivity index is 2.19. The third kappa shape index (κ3) is 2.78. The molecule has 1 aromatic carbocycles. The lowest BCUT2D eigenvalue weighted by atomic mass is 10.0. The number of nitrogens with zero attached hydrogens (tertiary/aromatic N) is 1. The van der Waals surface area contributed by atoms with E-state index in [4.69, 9.17) is 5.73 Å². The van der Waals surface area contributed by atoms with Crippen LogP contribution in [0.3, 0.4) is 0 Å². The van der Waals surface area contributed by atoms with Crippen LogP contribution in [0.4, 0.5) is 5.13 Å². The molecule has 0 aliphatic heterocycles. The first kappa shape index (κ1) is 13.2. The fourth-order valence-electron chi connectivity index (χ4n) is 1.82. The fourth-order valence-corrected chi connectivity index (χ4v) is 2.60. The summed E-state index contributed by atoms with van der Waals surface area (Å²) in [5.74, 6) is 0. The van der Waals surface area contributed by atoms with Crippen LogP contribution in [0, 0.1) is 0 Å². The van der Waals surface area contributed by atoms with Crippen molar-refractivity contribution in [1.29, 1.82) is 0 Å². The van der Waals surface area contributed by atoms with E-state index in [-0.39, 0.29) is 0 Å². The zero-order chi connectivity index (χ0) is 13.1. The monoisotopic (exact) mass is 267 g/mol. The molecule has 6 heteroatoms. The van der Waals surface area contributed by atoms with Crippen LogP contribution in [0.15, 0.2) is 18.2 Å². The van der Waals surface area contributed by atoms with Crippen molar-refractivity contribution < 1.29 is 10.2 Å². The number of hydrogen-bond acceptors (Lipinski definition) is 6. The minimum atomic E-state index is -0.883. The number of nitrogen functional groups attached to an aromatic ring is 1. The number of aliphatic hydroxyl groups is 2. The molecule has 2 atom stereocenters. The number of aliphatic hydroxyl groups excluding tert-OH is 2. The summed E-state index contributed by atoms with van der Waals surface area (Å²) in [7, 11) is 1.81. The topological polar surface area (TPSA) is 91.4 Å². The van der Waals surface area contributed by atoms with E-state index < -0.39 is 12.2 Å². The van der Waals surface area contributed by atoms with E-state index in [1.165, 1.54) is 11.3 Å². The Morgan fingerprint density at radius 2 is 2.22 bits per heavy atom. The molecule has 2 aromatic rings. The Labute approximate surface area is 109 Å². The SMILES string of the molecule is CNCCC(O)C(O)c1ccc2nc(N)sc2c1. The number of rotatable bonds is 5. The van der Waals surface area contributed by atoms with Crippen LogP contribution < -0.4 is 11.1 Å². The van der Waals surface area contributed by atoms with Crippen molar-refractivity contribution in [2.24, 2.45) is 0 Å². The van der Waals surface area contributed by atoms with E-state index in [0.29, 0.717) is 23.7 Å². The first-order chi connectivity index (χ1) is 8.61. The van der Waals surface area contributed by atoms with Crippen molar-refractivity contribution in [2.75, 3.05) is 19.3 Å². The average Bonchev–Trinajstić information content (AvgIpc) is 2.73. The van der Waals surface area contributed by atoms with Crippen molar-refractivity contribution in [3.63, 3.8) is 0 Å². The third-order valence-electron chi connectivity index (χ3n) is 2.83. The smallest absolute Gasteiger partial charge is 0.181 e. The minimum Gasteiger partial charge on any atom is -0.390 e. The number of nitrogens with one attached hydrogen (secondary N) is 1. The lowest BCUT2D eigenvalue weighted by Crippen LogP contribution is -2.23.